The molecule has 1 N–H and O–H groups in total. The van der Waals surface area contributed by atoms with Gasteiger partial charge in [-0.1, -0.05) is 43.5 Å². The Morgan fingerprint density at radius 1 is 1.25 bits per heavy atom. The summed E-state index contributed by atoms with van der Waals surface area (Å²) in [5, 5.41) is 3.36. The van der Waals surface area contributed by atoms with Crippen molar-refractivity contribution in [1.82, 2.24) is 5.32 Å². The molecule has 1 aromatic carbocycles. The number of hydrogen-bond donors (Lipinski definition) is 1. The summed E-state index contributed by atoms with van der Waals surface area (Å²) < 4.78 is 25.7. The van der Waals surface area contributed by atoms with Crippen LogP contribution in [0.5, 0.6) is 0 Å². The number of rotatable bonds is 5. The second-order valence-corrected chi connectivity index (χ2v) is 7.90. The van der Waals surface area contributed by atoms with E-state index >= 15 is 0 Å². The van der Waals surface area contributed by atoms with Gasteiger partial charge in [0.25, 0.3) is 0 Å². The molecular weight excluding hydrogens is 294 g/mol. The summed E-state index contributed by atoms with van der Waals surface area (Å²) in [7, 11) is -3.37. The lowest BCUT2D eigenvalue weighted by molar-refractivity contribution is 0.371. The summed E-state index contributed by atoms with van der Waals surface area (Å²) in [4.78, 5) is 0.275. The van der Waals surface area contributed by atoms with Crippen LogP contribution in [0.2, 0.25) is 5.02 Å². The topological polar surface area (TPSA) is 46.2 Å². The van der Waals surface area contributed by atoms with E-state index in [0.29, 0.717) is 5.02 Å². The maximum atomic E-state index is 12.9. The number of nitrogens with one attached hydrogen (secondary N) is 1. The van der Waals surface area contributed by atoms with Crippen LogP contribution in [0.3, 0.4) is 0 Å². The molecule has 3 nitrogen and oxygen atoms in total. The van der Waals surface area contributed by atoms with E-state index in [9.17, 15) is 8.42 Å². The van der Waals surface area contributed by atoms with Crippen molar-refractivity contribution in [2.45, 2.75) is 55.2 Å². The standard InChI is InChI=1S/C15H22ClNO2S/c1-2-11-17-13-8-4-6-10-15(13)20(18,19)14-9-5-3-7-12(14)16/h3,5,7,9,13,15,17H,2,4,6,8,10-11H2,1H3. The highest BCUT2D eigenvalue weighted by molar-refractivity contribution is 7.92. The lowest BCUT2D eigenvalue weighted by atomic mass is 9.95. The van der Waals surface area contributed by atoms with Gasteiger partial charge in [0.2, 0.25) is 0 Å². The summed E-state index contributed by atoms with van der Waals surface area (Å²) in [5.41, 5.74) is 0. The minimum absolute atomic E-state index is 0.0463. The summed E-state index contributed by atoms with van der Waals surface area (Å²) in [6.07, 6.45) is 4.72. The Balaban J connectivity index is 2.28. The average Bonchev–Trinajstić information content (AvgIpc) is 2.45. The van der Waals surface area contributed by atoms with Crippen molar-refractivity contribution in [3.63, 3.8) is 0 Å². The largest absolute Gasteiger partial charge is 0.313 e. The first-order valence-electron chi connectivity index (χ1n) is 7.29. The first kappa shape index (κ1) is 15.8. The Morgan fingerprint density at radius 3 is 2.65 bits per heavy atom. The van der Waals surface area contributed by atoms with Crippen LogP contribution < -0.4 is 5.32 Å². The second-order valence-electron chi connectivity index (χ2n) is 5.36. The minimum atomic E-state index is -3.37. The Labute approximate surface area is 126 Å². The van der Waals surface area contributed by atoms with Crippen molar-refractivity contribution in [2.24, 2.45) is 0 Å². The van der Waals surface area contributed by atoms with E-state index in [1.807, 2.05) is 0 Å². The summed E-state index contributed by atoms with van der Waals surface area (Å²) in [6, 6.07) is 6.80. The van der Waals surface area contributed by atoms with Crippen LogP contribution in [-0.2, 0) is 9.84 Å². The SMILES string of the molecule is CCCNC1CCCCC1S(=O)(=O)c1ccccc1Cl. The van der Waals surface area contributed by atoms with Crippen LogP contribution >= 0.6 is 11.6 Å². The molecule has 0 heterocycles. The van der Waals surface area contributed by atoms with Gasteiger partial charge in [-0.3, -0.25) is 0 Å². The Morgan fingerprint density at radius 2 is 1.95 bits per heavy atom. The van der Waals surface area contributed by atoms with Crippen molar-refractivity contribution in [2.75, 3.05) is 6.54 Å². The molecule has 1 aliphatic rings. The zero-order valence-corrected chi connectivity index (χ0v) is 13.4. The zero-order valence-electron chi connectivity index (χ0n) is 11.8. The lowest BCUT2D eigenvalue weighted by Crippen LogP contribution is -2.46. The maximum Gasteiger partial charge on any atom is 0.184 e. The molecule has 0 spiro atoms. The van der Waals surface area contributed by atoms with Gasteiger partial charge in [0.15, 0.2) is 9.84 Å². The molecule has 2 rings (SSSR count). The van der Waals surface area contributed by atoms with Gasteiger partial charge in [-0.05, 0) is 37.9 Å². The molecule has 1 fully saturated rings. The molecule has 1 aromatic rings. The molecule has 1 saturated carbocycles. The molecule has 0 saturated heterocycles. The monoisotopic (exact) mass is 315 g/mol. The van der Waals surface area contributed by atoms with E-state index < -0.39 is 9.84 Å². The molecule has 1 aliphatic carbocycles. The number of hydrogen-bond acceptors (Lipinski definition) is 3. The fourth-order valence-corrected chi connectivity index (χ4v) is 5.40. The highest BCUT2D eigenvalue weighted by Crippen LogP contribution is 2.32. The average molecular weight is 316 g/mol. The van der Waals surface area contributed by atoms with Gasteiger partial charge < -0.3 is 5.32 Å². The Hall–Kier alpha value is -0.580. The molecular formula is C15H22ClNO2S. The quantitative estimate of drug-likeness (QED) is 0.905. The lowest BCUT2D eigenvalue weighted by Gasteiger charge is -2.32. The van der Waals surface area contributed by atoms with Crippen molar-refractivity contribution in [3.8, 4) is 0 Å². The summed E-state index contributed by atoms with van der Waals surface area (Å²) in [5.74, 6) is 0. The first-order chi connectivity index (χ1) is 9.57. The summed E-state index contributed by atoms with van der Waals surface area (Å²) in [6.45, 7) is 2.95. The molecule has 0 amide bonds. The van der Waals surface area contributed by atoms with Crippen molar-refractivity contribution in [1.29, 1.82) is 0 Å². The molecule has 2 atom stereocenters. The predicted molar refractivity (Wildman–Crippen MR) is 83.0 cm³/mol. The van der Waals surface area contributed by atoms with E-state index in [4.69, 9.17) is 11.6 Å². The van der Waals surface area contributed by atoms with Gasteiger partial charge in [-0.15, -0.1) is 0 Å². The van der Waals surface area contributed by atoms with Crippen LogP contribution in [0.15, 0.2) is 29.2 Å². The molecule has 0 radical (unpaired) electrons. The highest BCUT2D eigenvalue weighted by atomic mass is 35.5. The smallest absolute Gasteiger partial charge is 0.184 e. The van der Waals surface area contributed by atoms with Gasteiger partial charge in [0, 0.05) is 6.04 Å². The molecule has 5 heteroatoms. The van der Waals surface area contributed by atoms with E-state index in [1.165, 1.54) is 0 Å². The van der Waals surface area contributed by atoms with Crippen LogP contribution in [-0.4, -0.2) is 26.3 Å². The molecule has 112 valence electrons. The van der Waals surface area contributed by atoms with E-state index in [2.05, 4.69) is 12.2 Å². The third kappa shape index (κ3) is 3.35. The summed E-state index contributed by atoms with van der Waals surface area (Å²) >= 11 is 6.08. The maximum absolute atomic E-state index is 12.9. The number of halogens is 1. The first-order valence-corrected chi connectivity index (χ1v) is 9.21. The van der Waals surface area contributed by atoms with Gasteiger partial charge in [0.1, 0.15) is 0 Å². The van der Waals surface area contributed by atoms with Crippen molar-refractivity contribution in [3.05, 3.63) is 29.3 Å². The Kier molecular flexibility index (Phi) is 5.47. The van der Waals surface area contributed by atoms with Crippen LogP contribution in [0.25, 0.3) is 0 Å². The minimum Gasteiger partial charge on any atom is -0.313 e. The number of sulfone groups is 1. The van der Waals surface area contributed by atoms with E-state index in [-0.39, 0.29) is 16.2 Å². The normalized spacial score (nSPS) is 23.7. The van der Waals surface area contributed by atoms with Crippen molar-refractivity contribution < 1.29 is 8.42 Å². The fraction of sp³-hybridized carbons (Fsp3) is 0.600. The second kappa shape index (κ2) is 6.92. The predicted octanol–water partition coefficient (Wildman–Crippen LogP) is 3.42. The van der Waals surface area contributed by atoms with Gasteiger partial charge >= 0.3 is 0 Å². The van der Waals surface area contributed by atoms with E-state index in [0.717, 1.165) is 38.6 Å². The number of benzene rings is 1. The third-order valence-corrected chi connectivity index (χ3v) is 6.67. The molecule has 20 heavy (non-hydrogen) atoms. The Bertz CT molecular complexity index is 545. The van der Waals surface area contributed by atoms with Gasteiger partial charge in [0.05, 0.1) is 15.2 Å². The molecule has 0 aliphatic heterocycles. The van der Waals surface area contributed by atoms with Crippen LogP contribution in [0.4, 0.5) is 0 Å². The van der Waals surface area contributed by atoms with Crippen LogP contribution in [0.1, 0.15) is 39.0 Å². The fourth-order valence-electron chi connectivity index (χ4n) is 2.87. The van der Waals surface area contributed by atoms with Gasteiger partial charge in [-0.25, -0.2) is 8.42 Å². The van der Waals surface area contributed by atoms with Crippen molar-refractivity contribution >= 4 is 21.4 Å². The van der Waals surface area contributed by atoms with E-state index in [1.54, 1.807) is 24.3 Å². The van der Waals surface area contributed by atoms with Crippen LogP contribution in [0, 0.1) is 0 Å². The van der Waals surface area contributed by atoms with Gasteiger partial charge in [-0.2, -0.15) is 0 Å². The molecule has 2 unspecified atom stereocenters. The molecule has 0 aromatic heterocycles. The molecule has 0 bridgehead atoms. The highest BCUT2D eigenvalue weighted by Gasteiger charge is 2.37. The zero-order chi connectivity index (χ0) is 14.6. The third-order valence-electron chi connectivity index (χ3n) is 3.90.